The van der Waals surface area contributed by atoms with Gasteiger partial charge in [-0.2, -0.15) is 9.98 Å². The average Bonchev–Trinajstić information content (AvgIpc) is 2.21. The minimum atomic E-state index is 0.319. The van der Waals surface area contributed by atoms with Gasteiger partial charge in [0.1, 0.15) is 11.4 Å². The normalized spacial score (nSPS) is 9.27. The highest BCUT2D eigenvalue weighted by Gasteiger charge is 2.05. The molecule has 4 nitrogen and oxygen atoms in total. The van der Waals surface area contributed by atoms with E-state index < -0.39 is 0 Å². The maximum atomic E-state index is 10.2. The monoisotopic (exact) mass is 202 g/mol. The van der Waals surface area contributed by atoms with Crippen LogP contribution in [-0.4, -0.2) is 12.2 Å². The molecular formula is C11H10N2O2. The Kier molecular flexibility index (Phi) is 3.69. The second kappa shape index (κ2) is 5.01. The van der Waals surface area contributed by atoms with E-state index >= 15 is 0 Å². The molecule has 0 aromatic heterocycles. The first-order valence-electron chi connectivity index (χ1n) is 4.48. The summed E-state index contributed by atoms with van der Waals surface area (Å²) in [6, 6.07) is 5.19. The molecule has 0 spiro atoms. The van der Waals surface area contributed by atoms with E-state index in [1.54, 1.807) is 12.1 Å². The van der Waals surface area contributed by atoms with Crippen LogP contribution in [0.25, 0.3) is 0 Å². The Morgan fingerprint density at radius 2 is 1.67 bits per heavy atom. The van der Waals surface area contributed by atoms with Gasteiger partial charge < -0.3 is 0 Å². The van der Waals surface area contributed by atoms with Crippen molar-refractivity contribution in [2.75, 3.05) is 0 Å². The Bertz CT molecular complexity index is 454. The predicted octanol–water partition coefficient (Wildman–Crippen LogP) is 2.74. The third-order valence-electron chi connectivity index (χ3n) is 2.00. The van der Waals surface area contributed by atoms with Gasteiger partial charge in [0, 0.05) is 0 Å². The number of aliphatic imine (C=N–C) groups is 2. The minimum absolute atomic E-state index is 0.319. The molecule has 0 atom stereocenters. The van der Waals surface area contributed by atoms with Crippen molar-refractivity contribution in [1.82, 2.24) is 0 Å². The first-order chi connectivity index (χ1) is 7.19. The van der Waals surface area contributed by atoms with E-state index in [0.29, 0.717) is 17.3 Å². The molecule has 0 radical (unpaired) electrons. The standard InChI is InChI=1S/C11H10N2O2/c1-8(2)9-3-4-10(12-6-14)11(5-9)13-7-15/h3-5,8H,1-2H3. The van der Waals surface area contributed by atoms with Gasteiger partial charge in [-0.1, -0.05) is 19.9 Å². The Morgan fingerprint density at radius 3 is 2.20 bits per heavy atom. The second-order valence-corrected chi connectivity index (χ2v) is 3.31. The zero-order chi connectivity index (χ0) is 11.3. The highest BCUT2D eigenvalue weighted by Crippen LogP contribution is 2.30. The van der Waals surface area contributed by atoms with Crippen LogP contribution in [0.15, 0.2) is 28.2 Å². The number of nitrogens with zero attached hydrogens (tertiary/aromatic N) is 2. The topological polar surface area (TPSA) is 58.9 Å². The van der Waals surface area contributed by atoms with Crippen LogP contribution in [-0.2, 0) is 9.59 Å². The molecule has 0 aliphatic rings. The minimum Gasteiger partial charge on any atom is -0.211 e. The number of rotatable bonds is 3. The van der Waals surface area contributed by atoms with Crippen molar-refractivity contribution in [1.29, 1.82) is 0 Å². The molecular weight excluding hydrogens is 192 g/mol. The van der Waals surface area contributed by atoms with Crippen molar-refractivity contribution in [3.63, 3.8) is 0 Å². The maximum Gasteiger partial charge on any atom is 0.240 e. The molecule has 0 heterocycles. The van der Waals surface area contributed by atoms with Gasteiger partial charge in [0.25, 0.3) is 0 Å². The summed E-state index contributed by atoms with van der Waals surface area (Å²) in [6.45, 7) is 4.04. The molecule has 0 aliphatic carbocycles. The van der Waals surface area contributed by atoms with Crippen LogP contribution < -0.4 is 0 Å². The van der Waals surface area contributed by atoms with Crippen molar-refractivity contribution < 1.29 is 9.59 Å². The Hall–Kier alpha value is -2.02. The summed E-state index contributed by atoms with van der Waals surface area (Å²) in [7, 11) is 0. The van der Waals surface area contributed by atoms with Gasteiger partial charge in [0.2, 0.25) is 12.2 Å². The van der Waals surface area contributed by atoms with E-state index in [2.05, 4.69) is 9.98 Å². The highest BCUT2D eigenvalue weighted by atomic mass is 16.1. The Morgan fingerprint density at radius 1 is 1.07 bits per heavy atom. The van der Waals surface area contributed by atoms with Crippen LogP contribution in [0.3, 0.4) is 0 Å². The number of hydrogen-bond donors (Lipinski definition) is 0. The number of carbonyl (C=O) groups excluding carboxylic acids is 2. The summed E-state index contributed by atoms with van der Waals surface area (Å²) in [4.78, 5) is 27.2. The van der Waals surface area contributed by atoms with Crippen molar-refractivity contribution in [2.45, 2.75) is 19.8 Å². The predicted molar refractivity (Wildman–Crippen MR) is 56.1 cm³/mol. The Labute approximate surface area is 87.4 Å². The number of benzene rings is 1. The van der Waals surface area contributed by atoms with E-state index in [-0.39, 0.29) is 0 Å². The summed E-state index contributed by atoms with van der Waals surface area (Å²) in [5.74, 6) is 0.319. The van der Waals surface area contributed by atoms with Gasteiger partial charge in [-0.25, -0.2) is 9.59 Å². The molecule has 4 heteroatoms. The first-order valence-corrected chi connectivity index (χ1v) is 4.48. The van der Waals surface area contributed by atoms with Crippen LogP contribution in [0.2, 0.25) is 0 Å². The third kappa shape index (κ3) is 2.71. The van der Waals surface area contributed by atoms with Crippen molar-refractivity contribution in [3.8, 4) is 0 Å². The first kappa shape index (κ1) is 11.1. The summed E-state index contributed by atoms with van der Waals surface area (Å²) in [5, 5.41) is 0. The van der Waals surface area contributed by atoms with Crippen molar-refractivity contribution in [3.05, 3.63) is 23.8 Å². The molecule has 0 N–H and O–H groups in total. The smallest absolute Gasteiger partial charge is 0.211 e. The molecule has 0 saturated carbocycles. The number of isocyanates is 2. The van der Waals surface area contributed by atoms with Crippen molar-refractivity contribution in [2.24, 2.45) is 9.98 Å². The second-order valence-electron chi connectivity index (χ2n) is 3.31. The van der Waals surface area contributed by atoms with Gasteiger partial charge in [-0.15, -0.1) is 0 Å². The summed E-state index contributed by atoms with van der Waals surface area (Å²) in [5.41, 5.74) is 1.70. The van der Waals surface area contributed by atoms with E-state index in [9.17, 15) is 9.59 Å². The van der Waals surface area contributed by atoms with Gasteiger partial charge in [-0.3, -0.25) is 0 Å². The molecule has 0 amide bonds. The summed E-state index contributed by atoms with van der Waals surface area (Å²) >= 11 is 0. The maximum absolute atomic E-state index is 10.2. The molecule has 0 aliphatic heterocycles. The van der Waals surface area contributed by atoms with Crippen LogP contribution in [0.5, 0.6) is 0 Å². The van der Waals surface area contributed by atoms with Crippen LogP contribution >= 0.6 is 0 Å². The summed E-state index contributed by atoms with van der Waals surface area (Å²) in [6.07, 6.45) is 2.85. The third-order valence-corrected chi connectivity index (χ3v) is 2.00. The fourth-order valence-electron chi connectivity index (χ4n) is 1.18. The van der Waals surface area contributed by atoms with E-state index in [1.165, 1.54) is 12.2 Å². The zero-order valence-electron chi connectivity index (χ0n) is 8.52. The van der Waals surface area contributed by atoms with E-state index in [4.69, 9.17) is 0 Å². The molecule has 0 saturated heterocycles. The van der Waals surface area contributed by atoms with Crippen molar-refractivity contribution >= 4 is 23.5 Å². The molecule has 0 unspecified atom stereocenters. The average molecular weight is 202 g/mol. The van der Waals surface area contributed by atoms with Crippen LogP contribution in [0, 0.1) is 0 Å². The van der Waals surface area contributed by atoms with Crippen LogP contribution in [0.4, 0.5) is 11.4 Å². The molecule has 76 valence electrons. The van der Waals surface area contributed by atoms with Gasteiger partial charge in [0.05, 0.1) is 0 Å². The van der Waals surface area contributed by atoms with Gasteiger partial charge >= 0.3 is 0 Å². The molecule has 1 rings (SSSR count). The van der Waals surface area contributed by atoms with E-state index in [1.807, 2.05) is 19.9 Å². The molecule has 0 fully saturated rings. The number of hydrogen-bond acceptors (Lipinski definition) is 4. The van der Waals surface area contributed by atoms with Gasteiger partial charge in [-0.05, 0) is 23.6 Å². The molecule has 0 bridgehead atoms. The Balaban J connectivity index is 3.32. The molecule has 1 aromatic rings. The lowest BCUT2D eigenvalue weighted by Gasteiger charge is -2.06. The zero-order valence-corrected chi connectivity index (χ0v) is 8.52. The van der Waals surface area contributed by atoms with Crippen LogP contribution in [0.1, 0.15) is 25.3 Å². The fraction of sp³-hybridized carbons (Fsp3) is 0.273. The fourth-order valence-corrected chi connectivity index (χ4v) is 1.18. The summed E-state index contributed by atoms with van der Waals surface area (Å²) < 4.78 is 0. The lowest BCUT2D eigenvalue weighted by atomic mass is 10.0. The quantitative estimate of drug-likeness (QED) is 0.559. The van der Waals surface area contributed by atoms with Gasteiger partial charge in [0.15, 0.2) is 0 Å². The lowest BCUT2D eigenvalue weighted by molar-refractivity contribution is 0.564. The van der Waals surface area contributed by atoms with E-state index in [0.717, 1.165) is 5.56 Å². The highest BCUT2D eigenvalue weighted by molar-refractivity contribution is 5.69. The molecule has 1 aromatic carbocycles. The molecule has 15 heavy (non-hydrogen) atoms. The largest absolute Gasteiger partial charge is 0.240 e. The lowest BCUT2D eigenvalue weighted by Crippen LogP contribution is -1.85. The SMILES string of the molecule is CC(C)c1ccc(N=C=O)c(N=C=O)c1.